The van der Waals surface area contributed by atoms with E-state index in [0.29, 0.717) is 28.6 Å². The zero-order chi connectivity index (χ0) is 27.4. The van der Waals surface area contributed by atoms with E-state index in [0.717, 1.165) is 11.1 Å². The molecule has 3 aromatic heterocycles. The van der Waals surface area contributed by atoms with Gasteiger partial charge in [0.15, 0.2) is 11.6 Å². The maximum atomic E-state index is 13.6. The fraction of sp³-hybridized carbons (Fsp3) is 0.320. The molecule has 0 fully saturated rings. The van der Waals surface area contributed by atoms with Crippen molar-refractivity contribution in [3.8, 4) is 28.6 Å². The van der Waals surface area contributed by atoms with E-state index in [1.165, 1.54) is 32.8 Å². The van der Waals surface area contributed by atoms with Crippen molar-refractivity contribution in [2.24, 2.45) is 0 Å². The second kappa shape index (κ2) is 11.1. The Morgan fingerprint density at radius 2 is 1.58 bits per heavy atom. The van der Waals surface area contributed by atoms with E-state index in [2.05, 4.69) is 29.9 Å². The van der Waals surface area contributed by atoms with Crippen LogP contribution in [-0.4, -0.2) is 64.7 Å². The number of nitrogens with one attached hydrogen (secondary N) is 1. The summed E-state index contributed by atoms with van der Waals surface area (Å²) in [5.41, 5.74) is 2.76. The van der Waals surface area contributed by atoms with E-state index in [9.17, 15) is 8.42 Å². The summed E-state index contributed by atoms with van der Waals surface area (Å²) in [6.45, 7) is 5.24. The van der Waals surface area contributed by atoms with Crippen molar-refractivity contribution in [1.82, 2.24) is 29.7 Å². The molecular formula is C25H29N7O5S. The van der Waals surface area contributed by atoms with Gasteiger partial charge in [-0.2, -0.15) is 0 Å². The molecule has 0 amide bonds. The number of anilines is 1. The van der Waals surface area contributed by atoms with Gasteiger partial charge in [0, 0.05) is 37.5 Å². The molecule has 0 unspecified atom stereocenters. The predicted molar refractivity (Wildman–Crippen MR) is 141 cm³/mol. The van der Waals surface area contributed by atoms with Crippen LogP contribution in [0.25, 0.3) is 17.1 Å². The smallest absolute Gasteiger partial charge is 0.243 e. The van der Waals surface area contributed by atoms with Gasteiger partial charge in [-0.1, -0.05) is 6.07 Å². The zero-order valence-corrected chi connectivity index (χ0v) is 22.7. The molecule has 4 rings (SSSR count). The Morgan fingerprint density at radius 3 is 2.16 bits per heavy atom. The maximum absolute atomic E-state index is 13.6. The first-order valence-electron chi connectivity index (χ1n) is 11.6. The third-order valence-corrected chi connectivity index (χ3v) is 7.57. The number of sulfonamides is 1. The highest BCUT2D eigenvalue weighted by molar-refractivity contribution is 7.93. The molecule has 38 heavy (non-hydrogen) atoms. The average Bonchev–Trinajstić information content (AvgIpc) is 3.31. The minimum absolute atomic E-state index is 0.0733. The summed E-state index contributed by atoms with van der Waals surface area (Å²) in [6, 6.07) is 7.08. The molecule has 0 aliphatic carbocycles. The van der Waals surface area contributed by atoms with Crippen LogP contribution in [0.2, 0.25) is 0 Å². The molecule has 2 atom stereocenters. The van der Waals surface area contributed by atoms with E-state index in [1.54, 1.807) is 43.0 Å². The van der Waals surface area contributed by atoms with Crippen LogP contribution in [0.1, 0.15) is 30.0 Å². The maximum Gasteiger partial charge on any atom is 0.243 e. The normalized spacial score (nSPS) is 13.1. The Balaban J connectivity index is 1.84. The van der Waals surface area contributed by atoms with Crippen LogP contribution in [0, 0.1) is 13.8 Å². The summed E-state index contributed by atoms with van der Waals surface area (Å²) >= 11 is 0. The number of benzene rings is 1. The van der Waals surface area contributed by atoms with Gasteiger partial charge in [-0.15, -0.1) is 10.2 Å². The van der Waals surface area contributed by atoms with Crippen molar-refractivity contribution in [3.05, 3.63) is 66.0 Å². The molecule has 0 aliphatic rings. The number of hydrogen-bond acceptors (Lipinski definition) is 10. The van der Waals surface area contributed by atoms with Crippen LogP contribution in [0.5, 0.6) is 11.5 Å². The first-order valence-corrected chi connectivity index (χ1v) is 13.2. The first kappa shape index (κ1) is 26.9. The van der Waals surface area contributed by atoms with E-state index >= 15 is 0 Å². The molecule has 0 saturated carbocycles. The topological polar surface area (TPSA) is 143 Å². The SMILES string of the molecule is COc1cccc(OC)c1-n1c(NS(=O)(=O)[C@H](C)[C@H](OC)c2ncc(C)cn2)nnc1-c1cncc(C)c1. The highest BCUT2D eigenvalue weighted by Gasteiger charge is 2.35. The third-order valence-electron chi connectivity index (χ3n) is 5.88. The zero-order valence-electron chi connectivity index (χ0n) is 21.9. The predicted octanol–water partition coefficient (Wildman–Crippen LogP) is 3.27. The molecule has 4 aromatic rings. The molecule has 0 aliphatic heterocycles. The fourth-order valence-corrected chi connectivity index (χ4v) is 5.05. The fourth-order valence-electron chi connectivity index (χ4n) is 3.92. The van der Waals surface area contributed by atoms with Crippen molar-refractivity contribution in [1.29, 1.82) is 0 Å². The molecule has 0 bridgehead atoms. The number of rotatable bonds is 10. The van der Waals surface area contributed by atoms with Gasteiger partial charge in [0.25, 0.3) is 0 Å². The van der Waals surface area contributed by atoms with Crippen molar-refractivity contribution in [3.63, 3.8) is 0 Å². The Labute approximate surface area is 221 Å². The highest BCUT2D eigenvalue weighted by atomic mass is 32.2. The van der Waals surface area contributed by atoms with Gasteiger partial charge < -0.3 is 14.2 Å². The molecule has 0 saturated heterocycles. The van der Waals surface area contributed by atoms with Gasteiger partial charge in [0.2, 0.25) is 16.0 Å². The van der Waals surface area contributed by atoms with Crippen LogP contribution in [0.4, 0.5) is 5.95 Å². The number of methoxy groups -OCH3 is 3. The lowest BCUT2D eigenvalue weighted by Gasteiger charge is -2.23. The van der Waals surface area contributed by atoms with Gasteiger partial charge >= 0.3 is 0 Å². The van der Waals surface area contributed by atoms with Crippen molar-refractivity contribution >= 4 is 16.0 Å². The van der Waals surface area contributed by atoms with E-state index < -0.39 is 21.4 Å². The Morgan fingerprint density at radius 1 is 0.921 bits per heavy atom. The molecule has 12 nitrogen and oxygen atoms in total. The largest absolute Gasteiger partial charge is 0.494 e. The lowest BCUT2D eigenvalue weighted by atomic mass is 10.2. The molecule has 3 heterocycles. The number of nitrogens with zero attached hydrogens (tertiary/aromatic N) is 6. The molecule has 0 radical (unpaired) electrons. The minimum Gasteiger partial charge on any atom is -0.494 e. The lowest BCUT2D eigenvalue weighted by Crippen LogP contribution is -2.33. The monoisotopic (exact) mass is 539 g/mol. The summed E-state index contributed by atoms with van der Waals surface area (Å²) < 4.78 is 48.1. The second-order valence-corrected chi connectivity index (χ2v) is 10.6. The summed E-state index contributed by atoms with van der Waals surface area (Å²) in [4.78, 5) is 12.8. The summed E-state index contributed by atoms with van der Waals surface area (Å²) in [5, 5.41) is 7.41. The van der Waals surface area contributed by atoms with Crippen LogP contribution in [0.15, 0.2) is 49.1 Å². The molecule has 200 valence electrons. The van der Waals surface area contributed by atoms with E-state index in [4.69, 9.17) is 14.2 Å². The van der Waals surface area contributed by atoms with Gasteiger partial charge in [-0.3, -0.25) is 14.3 Å². The molecule has 0 spiro atoms. The summed E-state index contributed by atoms with van der Waals surface area (Å²) in [6.07, 6.45) is 5.59. The van der Waals surface area contributed by atoms with E-state index in [-0.39, 0.29) is 11.8 Å². The van der Waals surface area contributed by atoms with Crippen LogP contribution in [-0.2, 0) is 14.8 Å². The van der Waals surface area contributed by atoms with Crippen LogP contribution in [0.3, 0.4) is 0 Å². The minimum atomic E-state index is -4.11. The molecule has 1 N–H and O–H groups in total. The van der Waals surface area contributed by atoms with Gasteiger partial charge in [0.1, 0.15) is 28.5 Å². The quantitative estimate of drug-likeness (QED) is 0.319. The Kier molecular flexibility index (Phi) is 7.88. The highest BCUT2D eigenvalue weighted by Crippen LogP contribution is 2.38. The number of aromatic nitrogens is 6. The number of pyridine rings is 1. The first-order chi connectivity index (χ1) is 18.2. The molecule has 13 heteroatoms. The van der Waals surface area contributed by atoms with Gasteiger partial charge in [-0.25, -0.2) is 18.4 Å². The Hall–Kier alpha value is -4.10. The van der Waals surface area contributed by atoms with Crippen molar-refractivity contribution < 1.29 is 22.6 Å². The molecular weight excluding hydrogens is 510 g/mol. The number of hydrogen-bond donors (Lipinski definition) is 1. The standard InChI is InChI=1S/C25H29N7O5S/c1-15-10-18(14-26-11-15)24-29-30-25(32(24)21-19(35-4)8-7-9-20(21)36-5)31-38(33,34)17(3)22(37-6)23-27-12-16(2)13-28-23/h7-14,17,22H,1-6H3,(H,30,31)/t17-,22+/m1/s1. The van der Waals surface area contributed by atoms with Crippen LogP contribution < -0.4 is 14.2 Å². The van der Waals surface area contributed by atoms with Crippen molar-refractivity contribution in [2.75, 3.05) is 26.1 Å². The van der Waals surface area contributed by atoms with Gasteiger partial charge in [0.05, 0.1) is 14.2 Å². The Bertz CT molecular complexity index is 1500. The number of para-hydroxylation sites is 1. The van der Waals surface area contributed by atoms with Crippen molar-refractivity contribution in [2.45, 2.75) is 32.1 Å². The van der Waals surface area contributed by atoms with Gasteiger partial charge in [-0.05, 0) is 50.1 Å². The molecule has 1 aromatic carbocycles. The van der Waals surface area contributed by atoms with E-state index in [1.807, 2.05) is 19.9 Å². The second-order valence-electron chi connectivity index (χ2n) is 8.57. The number of ether oxygens (including phenoxy) is 3. The summed E-state index contributed by atoms with van der Waals surface area (Å²) in [7, 11) is 0.317. The average molecular weight is 540 g/mol. The summed E-state index contributed by atoms with van der Waals surface area (Å²) in [5.74, 6) is 1.34. The lowest BCUT2D eigenvalue weighted by molar-refractivity contribution is 0.0949. The third kappa shape index (κ3) is 5.29. The van der Waals surface area contributed by atoms with Crippen LogP contribution >= 0.6 is 0 Å². The number of aryl methyl sites for hydroxylation is 2.